The second-order valence-electron chi connectivity index (χ2n) is 6.85. The van der Waals surface area contributed by atoms with Gasteiger partial charge in [-0.25, -0.2) is 0 Å². The number of amides is 1. The van der Waals surface area contributed by atoms with Crippen LogP contribution in [0.1, 0.15) is 16.1 Å². The number of nitrogens with zero attached hydrogens (tertiary/aromatic N) is 2. The van der Waals surface area contributed by atoms with Crippen LogP contribution in [0, 0.1) is 0 Å². The van der Waals surface area contributed by atoms with Crippen molar-refractivity contribution in [3.8, 4) is 28.5 Å². The largest absolute Gasteiger partial charge is 0.490 e. The molecule has 0 radical (unpaired) electrons. The minimum Gasteiger partial charge on any atom is -0.490 e. The van der Waals surface area contributed by atoms with Crippen molar-refractivity contribution in [1.82, 2.24) is 15.4 Å². The van der Waals surface area contributed by atoms with E-state index in [4.69, 9.17) is 19.9 Å². The summed E-state index contributed by atoms with van der Waals surface area (Å²) in [7, 11) is 0. The number of primary amides is 1. The van der Waals surface area contributed by atoms with E-state index in [0.717, 1.165) is 17.1 Å². The van der Waals surface area contributed by atoms with Crippen LogP contribution >= 0.6 is 0 Å². The third-order valence-corrected chi connectivity index (χ3v) is 4.60. The lowest BCUT2D eigenvalue weighted by Gasteiger charge is -2.10. The van der Waals surface area contributed by atoms with Crippen LogP contribution in [0.4, 0.5) is 0 Å². The zero-order chi connectivity index (χ0) is 22.2. The van der Waals surface area contributed by atoms with Gasteiger partial charge in [-0.1, -0.05) is 30.3 Å². The van der Waals surface area contributed by atoms with Gasteiger partial charge >= 0.3 is 0 Å². The Balaban J connectivity index is 1.21. The van der Waals surface area contributed by atoms with Crippen molar-refractivity contribution >= 4 is 5.91 Å². The van der Waals surface area contributed by atoms with E-state index >= 15 is 0 Å². The molecule has 4 aromatic rings. The lowest BCUT2D eigenvalue weighted by molar-refractivity contribution is 0.0996. The molecule has 0 unspecified atom stereocenters. The highest BCUT2D eigenvalue weighted by atomic mass is 16.5. The minimum absolute atomic E-state index is 0.101. The molecule has 8 heteroatoms. The van der Waals surface area contributed by atoms with E-state index in [-0.39, 0.29) is 5.69 Å². The number of carbonyl (C=O) groups excluding carboxylic acids is 1. The molecule has 162 valence electrons. The molecular formula is C24H22N4O4. The molecule has 0 saturated carbocycles. The van der Waals surface area contributed by atoms with Gasteiger partial charge in [-0.05, 0) is 54.1 Å². The van der Waals surface area contributed by atoms with Gasteiger partial charge in [0.2, 0.25) is 0 Å². The first kappa shape index (κ1) is 20.9. The molecule has 0 spiro atoms. The van der Waals surface area contributed by atoms with Crippen molar-refractivity contribution in [2.45, 2.75) is 6.61 Å². The quantitative estimate of drug-likeness (QED) is 0.372. The van der Waals surface area contributed by atoms with Gasteiger partial charge in [0.15, 0.2) is 5.69 Å². The summed E-state index contributed by atoms with van der Waals surface area (Å²) in [4.78, 5) is 11.4. The van der Waals surface area contributed by atoms with E-state index in [0.29, 0.717) is 36.8 Å². The Morgan fingerprint density at radius 1 is 0.750 bits per heavy atom. The topological polar surface area (TPSA) is 112 Å². The molecule has 0 fully saturated rings. The molecule has 0 aliphatic carbocycles. The SMILES string of the molecule is NC(=O)c1n[nH]nc1-c1ccc(OCCOc2ccc(OCc3ccccc3)cc2)cc1. The number of H-pyrrole nitrogens is 1. The smallest absolute Gasteiger partial charge is 0.271 e. The molecule has 4 rings (SSSR count). The maximum Gasteiger partial charge on any atom is 0.271 e. The number of benzene rings is 3. The summed E-state index contributed by atoms with van der Waals surface area (Å²) in [6.45, 7) is 1.29. The average Bonchev–Trinajstić information content (AvgIpc) is 3.33. The molecule has 3 N–H and O–H groups in total. The molecule has 1 aromatic heterocycles. The van der Waals surface area contributed by atoms with Gasteiger partial charge in [0.25, 0.3) is 5.91 Å². The fourth-order valence-corrected chi connectivity index (χ4v) is 3.01. The van der Waals surface area contributed by atoms with E-state index in [1.807, 2.05) is 54.6 Å². The first-order valence-electron chi connectivity index (χ1n) is 10.0. The molecule has 0 bridgehead atoms. The summed E-state index contributed by atoms with van der Waals surface area (Å²) in [6, 6.07) is 24.6. The Hall–Kier alpha value is -4.33. The normalized spacial score (nSPS) is 10.5. The van der Waals surface area contributed by atoms with Gasteiger partial charge in [0, 0.05) is 5.56 Å². The second kappa shape index (κ2) is 10.1. The Kier molecular flexibility index (Phi) is 6.62. The molecule has 0 saturated heterocycles. The molecular weight excluding hydrogens is 408 g/mol. The summed E-state index contributed by atoms with van der Waals surface area (Å²) in [6.07, 6.45) is 0. The highest BCUT2D eigenvalue weighted by Gasteiger charge is 2.14. The van der Waals surface area contributed by atoms with Crippen LogP contribution in [0.15, 0.2) is 78.9 Å². The molecule has 3 aromatic carbocycles. The third-order valence-electron chi connectivity index (χ3n) is 4.60. The average molecular weight is 430 g/mol. The fourth-order valence-electron chi connectivity index (χ4n) is 3.01. The first-order chi connectivity index (χ1) is 15.7. The Labute approximate surface area is 184 Å². The van der Waals surface area contributed by atoms with Crippen LogP contribution in [0.3, 0.4) is 0 Å². The lowest BCUT2D eigenvalue weighted by Crippen LogP contribution is -2.12. The predicted octanol–water partition coefficient (Wildman–Crippen LogP) is 3.61. The predicted molar refractivity (Wildman–Crippen MR) is 119 cm³/mol. The van der Waals surface area contributed by atoms with Crippen molar-refractivity contribution in [3.05, 3.63) is 90.1 Å². The number of aromatic nitrogens is 3. The first-order valence-corrected chi connectivity index (χ1v) is 10.0. The second-order valence-corrected chi connectivity index (χ2v) is 6.85. The van der Waals surface area contributed by atoms with Gasteiger partial charge < -0.3 is 19.9 Å². The van der Waals surface area contributed by atoms with Gasteiger partial charge in [0.05, 0.1) is 0 Å². The Bertz CT molecular complexity index is 1140. The number of nitrogens with two attached hydrogens (primary N) is 1. The highest BCUT2D eigenvalue weighted by Crippen LogP contribution is 2.23. The Morgan fingerprint density at radius 3 is 1.91 bits per heavy atom. The molecule has 0 aliphatic heterocycles. The monoisotopic (exact) mass is 430 g/mol. The minimum atomic E-state index is -0.637. The number of aromatic amines is 1. The van der Waals surface area contributed by atoms with Crippen LogP contribution in [-0.2, 0) is 6.61 Å². The summed E-state index contributed by atoms with van der Waals surface area (Å²) < 4.78 is 17.2. The molecule has 8 nitrogen and oxygen atoms in total. The molecule has 0 atom stereocenters. The van der Waals surface area contributed by atoms with Crippen LogP contribution < -0.4 is 19.9 Å². The number of nitrogens with one attached hydrogen (secondary N) is 1. The van der Waals surface area contributed by atoms with E-state index in [2.05, 4.69) is 15.4 Å². The summed E-state index contributed by atoms with van der Waals surface area (Å²) in [5, 5.41) is 10.2. The molecule has 1 amide bonds. The van der Waals surface area contributed by atoms with E-state index < -0.39 is 5.91 Å². The lowest BCUT2D eigenvalue weighted by atomic mass is 10.1. The number of ether oxygens (including phenoxy) is 3. The molecule has 1 heterocycles. The number of hydrogen-bond donors (Lipinski definition) is 2. The molecule has 0 aliphatic rings. The van der Waals surface area contributed by atoms with Crippen LogP contribution in [-0.4, -0.2) is 34.5 Å². The maximum absolute atomic E-state index is 11.4. The summed E-state index contributed by atoms with van der Waals surface area (Å²) in [5.74, 6) is 1.55. The summed E-state index contributed by atoms with van der Waals surface area (Å²) in [5.41, 5.74) is 7.63. The standard InChI is InChI=1S/C24H22N4O4/c25-24(29)23-22(26-28-27-23)18-6-8-19(9-7-18)30-14-15-31-20-10-12-21(13-11-20)32-16-17-4-2-1-3-5-17/h1-13H,14-16H2,(H2,25,29)(H,26,27,28). The maximum atomic E-state index is 11.4. The van der Waals surface area contributed by atoms with Crippen molar-refractivity contribution < 1.29 is 19.0 Å². The summed E-state index contributed by atoms with van der Waals surface area (Å²) >= 11 is 0. The van der Waals surface area contributed by atoms with Gasteiger partial charge in [-0.15, -0.1) is 0 Å². The Morgan fingerprint density at radius 2 is 1.31 bits per heavy atom. The van der Waals surface area contributed by atoms with Gasteiger partial charge in [0.1, 0.15) is 42.8 Å². The van der Waals surface area contributed by atoms with Crippen LogP contribution in [0.5, 0.6) is 17.2 Å². The fraction of sp³-hybridized carbons (Fsp3) is 0.125. The van der Waals surface area contributed by atoms with Gasteiger partial charge in [-0.2, -0.15) is 15.4 Å². The van der Waals surface area contributed by atoms with Crippen molar-refractivity contribution in [2.75, 3.05) is 13.2 Å². The number of rotatable bonds is 10. The zero-order valence-electron chi connectivity index (χ0n) is 17.2. The highest BCUT2D eigenvalue weighted by molar-refractivity contribution is 5.96. The van der Waals surface area contributed by atoms with Crippen LogP contribution in [0.25, 0.3) is 11.3 Å². The van der Waals surface area contributed by atoms with E-state index in [9.17, 15) is 4.79 Å². The van der Waals surface area contributed by atoms with E-state index in [1.165, 1.54) is 0 Å². The number of hydrogen-bond acceptors (Lipinski definition) is 6. The van der Waals surface area contributed by atoms with Crippen molar-refractivity contribution in [1.29, 1.82) is 0 Å². The van der Waals surface area contributed by atoms with E-state index in [1.54, 1.807) is 24.3 Å². The third kappa shape index (κ3) is 5.42. The van der Waals surface area contributed by atoms with Gasteiger partial charge in [-0.3, -0.25) is 4.79 Å². The van der Waals surface area contributed by atoms with Crippen molar-refractivity contribution in [3.63, 3.8) is 0 Å². The molecule has 32 heavy (non-hydrogen) atoms. The van der Waals surface area contributed by atoms with Crippen LogP contribution in [0.2, 0.25) is 0 Å². The zero-order valence-corrected chi connectivity index (χ0v) is 17.2. The number of carbonyl (C=O) groups is 1. The van der Waals surface area contributed by atoms with Crippen molar-refractivity contribution in [2.24, 2.45) is 5.73 Å².